The third kappa shape index (κ3) is 3.18. The summed E-state index contributed by atoms with van der Waals surface area (Å²) in [6.07, 6.45) is 0. The first-order valence-corrected chi connectivity index (χ1v) is 8.15. The Kier molecular flexibility index (Phi) is 4.83. The molecule has 0 unspecified atom stereocenters. The van der Waals surface area contributed by atoms with Crippen LogP contribution in [0.1, 0.15) is 25.0 Å². The zero-order valence-electron chi connectivity index (χ0n) is 13.4. The Morgan fingerprint density at radius 2 is 1.81 bits per heavy atom. The Balaban J connectivity index is 2.24. The van der Waals surface area contributed by atoms with Crippen LogP contribution in [0.15, 0.2) is 12.1 Å². The maximum absolute atomic E-state index is 12.2. The summed E-state index contributed by atoms with van der Waals surface area (Å²) in [5.74, 6) is 0.148. The van der Waals surface area contributed by atoms with Gasteiger partial charge in [-0.1, -0.05) is 23.5 Å². The number of anilines is 1. The van der Waals surface area contributed by atoms with Crippen molar-refractivity contribution < 1.29 is 4.79 Å². The van der Waals surface area contributed by atoms with Gasteiger partial charge in [-0.2, -0.15) is 0 Å². The normalized spacial score (nSPS) is 10.9. The molecule has 21 heavy (non-hydrogen) atoms. The smallest absolute Gasteiger partial charge is 0.242 e. The molecule has 1 aromatic heterocycles. The number of hydrogen-bond donors (Lipinski definition) is 0. The molecule has 0 aliphatic carbocycles. The molecule has 0 saturated carbocycles. The first kappa shape index (κ1) is 15.8. The summed E-state index contributed by atoms with van der Waals surface area (Å²) in [6.45, 7) is 10.1. The Morgan fingerprint density at radius 1 is 1.19 bits per heavy atom. The van der Waals surface area contributed by atoms with E-state index in [0.29, 0.717) is 6.54 Å². The number of carbonyl (C=O) groups excluding carboxylic acids is 1. The molecule has 1 heterocycles. The molecule has 0 saturated heterocycles. The number of aryl methyl sites for hydroxylation is 2. The standard InChI is InChI=1S/C16H23N3OS/c1-6-19(7-2)13(20)10-18(5)16-17-14-11(3)8-9-12(4)15(14)21-16/h8-9H,6-7,10H2,1-5H3. The molecule has 0 radical (unpaired) electrons. The Bertz CT molecular complexity index is 607. The molecule has 0 aliphatic rings. The van der Waals surface area contributed by atoms with Crippen molar-refractivity contribution in [2.24, 2.45) is 0 Å². The summed E-state index contributed by atoms with van der Waals surface area (Å²) in [4.78, 5) is 20.7. The highest BCUT2D eigenvalue weighted by molar-refractivity contribution is 7.22. The summed E-state index contributed by atoms with van der Waals surface area (Å²) in [5, 5.41) is 0.905. The van der Waals surface area contributed by atoms with E-state index >= 15 is 0 Å². The number of hydrogen-bond acceptors (Lipinski definition) is 4. The number of amides is 1. The minimum atomic E-state index is 0.148. The van der Waals surface area contributed by atoms with Gasteiger partial charge in [0.2, 0.25) is 5.91 Å². The van der Waals surface area contributed by atoms with Crippen LogP contribution in [0, 0.1) is 13.8 Å². The average molecular weight is 305 g/mol. The molecule has 4 nitrogen and oxygen atoms in total. The van der Waals surface area contributed by atoms with Crippen molar-refractivity contribution in [1.29, 1.82) is 0 Å². The van der Waals surface area contributed by atoms with Gasteiger partial charge in [0.25, 0.3) is 0 Å². The van der Waals surface area contributed by atoms with Gasteiger partial charge in [-0.3, -0.25) is 4.79 Å². The second-order valence-corrected chi connectivity index (χ2v) is 6.27. The Hall–Kier alpha value is -1.62. The van der Waals surface area contributed by atoms with Crippen molar-refractivity contribution in [2.75, 3.05) is 31.6 Å². The maximum Gasteiger partial charge on any atom is 0.242 e. The van der Waals surface area contributed by atoms with Crippen molar-refractivity contribution in [1.82, 2.24) is 9.88 Å². The average Bonchev–Trinajstić information content (AvgIpc) is 2.91. The summed E-state index contributed by atoms with van der Waals surface area (Å²) >= 11 is 1.66. The maximum atomic E-state index is 12.2. The first-order chi connectivity index (χ1) is 9.97. The van der Waals surface area contributed by atoms with Crippen molar-refractivity contribution >= 4 is 32.6 Å². The summed E-state index contributed by atoms with van der Waals surface area (Å²) < 4.78 is 1.21. The van der Waals surface area contributed by atoms with E-state index in [1.807, 2.05) is 30.7 Å². The van der Waals surface area contributed by atoms with Crippen LogP contribution in [-0.4, -0.2) is 42.5 Å². The van der Waals surface area contributed by atoms with Gasteiger partial charge >= 0.3 is 0 Å². The third-order valence-electron chi connectivity index (χ3n) is 3.75. The SMILES string of the molecule is CCN(CC)C(=O)CN(C)c1nc2c(C)ccc(C)c2s1. The molecule has 1 aromatic carbocycles. The number of carbonyl (C=O) groups is 1. The lowest BCUT2D eigenvalue weighted by Gasteiger charge is -2.22. The van der Waals surface area contributed by atoms with Crippen molar-refractivity contribution in [3.05, 3.63) is 23.3 Å². The second kappa shape index (κ2) is 6.43. The lowest BCUT2D eigenvalue weighted by atomic mass is 10.1. The molecular weight excluding hydrogens is 282 g/mol. The van der Waals surface area contributed by atoms with Crippen LogP contribution in [0.4, 0.5) is 5.13 Å². The molecule has 0 atom stereocenters. The Morgan fingerprint density at radius 3 is 2.38 bits per heavy atom. The fourth-order valence-corrected chi connectivity index (χ4v) is 3.43. The molecule has 2 rings (SSSR count). The second-order valence-electron chi connectivity index (χ2n) is 5.30. The number of nitrogens with zero attached hydrogens (tertiary/aromatic N) is 3. The number of aromatic nitrogens is 1. The quantitative estimate of drug-likeness (QED) is 0.851. The molecule has 114 valence electrons. The predicted molar refractivity (Wildman–Crippen MR) is 90.3 cm³/mol. The van der Waals surface area contributed by atoms with E-state index in [2.05, 4.69) is 26.0 Å². The fourth-order valence-electron chi connectivity index (χ4n) is 2.36. The third-order valence-corrected chi connectivity index (χ3v) is 5.05. The number of rotatable bonds is 5. The zero-order chi connectivity index (χ0) is 15.6. The summed E-state index contributed by atoms with van der Waals surface area (Å²) in [5.41, 5.74) is 3.47. The van der Waals surface area contributed by atoms with Gasteiger partial charge in [-0.15, -0.1) is 0 Å². The molecule has 5 heteroatoms. The van der Waals surface area contributed by atoms with Crippen LogP contribution >= 0.6 is 11.3 Å². The lowest BCUT2D eigenvalue weighted by molar-refractivity contribution is -0.129. The van der Waals surface area contributed by atoms with Gasteiger partial charge in [0.15, 0.2) is 5.13 Å². The van der Waals surface area contributed by atoms with Crippen LogP contribution < -0.4 is 4.90 Å². The van der Waals surface area contributed by atoms with Crippen molar-refractivity contribution in [3.63, 3.8) is 0 Å². The van der Waals surface area contributed by atoms with Gasteiger partial charge in [0.05, 0.1) is 16.8 Å². The van der Waals surface area contributed by atoms with Crippen LogP contribution in [0.2, 0.25) is 0 Å². The van der Waals surface area contributed by atoms with Gasteiger partial charge < -0.3 is 9.80 Å². The van der Waals surface area contributed by atoms with Gasteiger partial charge in [0.1, 0.15) is 0 Å². The van der Waals surface area contributed by atoms with E-state index < -0.39 is 0 Å². The monoisotopic (exact) mass is 305 g/mol. The highest BCUT2D eigenvalue weighted by Gasteiger charge is 2.16. The summed E-state index contributed by atoms with van der Waals surface area (Å²) in [6, 6.07) is 4.23. The van der Waals surface area contributed by atoms with Crippen LogP contribution in [-0.2, 0) is 4.79 Å². The van der Waals surface area contributed by atoms with Crippen molar-refractivity contribution in [3.8, 4) is 0 Å². The number of thiazole rings is 1. The molecular formula is C16H23N3OS. The van der Waals surface area contributed by atoms with Gasteiger partial charge in [-0.05, 0) is 38.8 Å². The highest BCUT2D eigenvalue weighted by Crippen LogP contribution is 2.32. The molecule has 0 aliphatic heterocycles. The van der Waals surface area contributed by atoms with Crippen molar-refractivity contribution in [2.45, 2.75) is 27.7 Å². The predicted octanol–water partition coefficient (Wildman–Crippen LogP) is 3.22. The molecule has 2 aromatic rings. The van der Waals surface area contributed by atoms with Crippen LogP contribution in [0.5, 0.6) is 0 Å². The lowest BCUT2D eigenvalue weighted by Crippen LogP contribution is -2.38. The minimum Gasteiger partial charge on any atom is -0.342 e. The molecule has 0 bridgehead atoms. The number of benzene rings is 1. The van der Waals surface area contributed by atoms with Crippen LogP contribution in [0.3, 0.4) is 0 Å². The molecule has 0 fully saturated rings. The van der Waals surface area contributed by atoms with E-state index in [9.17, 15) is 4.79 Å². The minimum absolute atomic E-state index is 0.148. The Labute approximate surface area is 130 Å². The summed E-state index contributed by atoms with van der Waals surface area (Å²) in [7, 11) is 1.93. The number of likely N-dealkylation sites (N-methyl/N-ethyl adjacent to an activating group) is 2. The fraction of sp³-hybridized carbons (Fsp3) is 0.500. The molecule has 1 amide bonds. The zero-order valence-corrected chi connectivity index (χ0v) is 14.3. The first-order valence-electron chi connectivity index (χ1n) is 7.33. The van der Waals surface area contributed by atoms with E-state index in [0.717, 1.165) is 23.7 Å². The number of fused-ring (bicyclic) bond motifs is 1. The van der Waals surface area contributed by atoms with Gasteiger partial charge in [-0.25, -0.2) is 4.98 Å². The highest BCUT2D eigenvalue weighted by atomic mass is 32.1. The van der Waals surface area contributed by atoms with E-state index in [1.165, 1.54) is 15.8 Å². The topological polar surface area (TPSA) is 36.4 Å². The van der Waals surface area contributed by atoms with E-state index in [1.54, 1.807) is 11.3 Å². The molecule has 0 spiro atoms. The van der Waals surface area contributed by atoms with E-state index in [4.69, 9.17) is 4.98 Å². The molecule has 0 N–H and O–H groups in total. The van der Waals surface area contributed by atoms with Gasteiger partial charge in [0, 0.05) is 20.1 Å². The van der Waals surface area contributed by atoms with Crippen LogP contribution in [0.25, 0.3) is 10.2 Å². The van der Waals surface area contributed by atoms with E-state index in [-0.39, 0.29) is 5.91 Å². The largest absolute Gasteiger partial charge is 0.342 e.